The number of aliphatic hydroxyl groups is 1. The Balaban J connectivity index is 1.06. The molecule has 2 bridgehead atoms. The fraction of sp³-hybridized carbons (Fsp3) is 0.435. The molecule has 1 N–H and O–H groups in total. The summed E-state index contributed by atoms with van der Waals surface area (Å²) in [7, 11) is 6.45. The highest BCUT2D eigenvalue weighted by Crippen LogP contribution is 2.57. The molecule has 0 radical (unpaired) electrons. The topological polar surface area (TPSA) is 162 Å². The maximum Gasteiger partial charge on any atom is 0.357 e. The highest BCUT2D eigenvalue weighted by Gasteiger charge is 2.64. The molecule has 3 saturated heterocycles. The number of nitrogens with zero attached hydrogens (tertiary/aromatic N) is 4. The van der Waals surface area contributed by atoms with Crippen LogP contribution in [0.3, 0.4) is 0 Å². The molecular weight excluding hydrogens is 801 g/mol. The molecule has 3 aromatic carbocycles. The second-order valence-electron chi connectivity index (χ2n) is 16.2. The molecule has 3 fully saturated rings. The first-order chi connectivity index (χ1) is 29.6. The maximum atomic E-state index is 14.5. The van der Waals surface area contributed by atoms with Crippen molar-refractivity contribution < 1.29 is 48.0 Å². The molecule has 3 aromatic rings. The number of oxime groups is 1. The van der Waals surface area contributed by atoms with E-state index in [9.17, 15) is 20.0 Å². The van der Waals surface area contributed by atoms with Crippen LogP contribution in [-0.2, 0) is 39.8 Å². The van der Waals surface area contributed by atoms with E-state index >= 15 is 0 Å². The second kappa shape index (κ2) is 16.2. The maximum absolute atomic E-state index is 14.5. The Labute approximate surface area is 358 Å². The zero-order valence-corrected chi connectivity index (χ0v) is 35.7. The van der Waals surface area contributed by atoms with Gasteiger partial charge in [0, 0.05) is 59.7 Å². The third kappa shape index (κ3) is 6.41. The Morgan fingerprint density at radius 3 is 2.41 bits per heavy atom. The third-order valence-corrected chi connectivity index (χ3v) is 14.2. The number of nitriles is 1. The molecule has 15 heteroatoms. The van der Waals surface area contributed by atoms with E-state index in [-0.39, 0.29) is 72.7 Å². The normalized spacial score (nSPS) is 26.5. The van der Waals surface area contributed by atoms with Crippen molar-refractivity contribution in [1.29, 1.82) is 5.26 Å². The van der Waals surface area contributed by atoms with E-state index in [4.69, 9.17) is 33.3 Å². The van der Waals surface area contributed by atoms with E-state index in [2.05, 4.69) is 46.5 Å². The van der Waals surface area contributed by atoms with Gasteiger partial charge in [-0.3, -0.25) is 14.6 Å². The van der Waals surface area contributed by atoms with E-state index in [1.165, 1.54) is 36.5 Å². The van der Waals surface area contributed by atoms with Crippen molar-refractivity contribution in [2.75, 3.05) is 60.1 Å². The van der Waals surface area contributed by atoms with Crippen molar-refractivity contribution in [1.82, 2.24) is 9.80 Å². The van der Waals surface area contributed by atoms with E-state index in [1.807, 2.05) is 43.1 Å². The van der Waals surface area contributed by atoms with Crippen molar-refractivity contribution >= 4 is 29.2 Å². The third-order valence-electron chi connectivity index (χ3n) is 13.2. The number of methoxy groups -OCH3 is 2. The van der Waals surface area contributed by atoms with Crippen LogP contribution in [0.5, 0.6) is 11.5 Å². The number of likely N-dealkylation sites (N-methyl/N-ethyl adjacent to an activating group) is 1. The van der Waals surface area contributed by atoms with Crippen molar-refractivity contribution in [3.8, 4) is 28.7 Å². The van der Waals surface area contributed by atoms with Crippen LogP contribution >= 0.6 is 11.8 Å². The first-order valence-corrected chi connectivity index (χ1v) is 21.5. The molecule has 6 aliphatic rings. The number of Topliss-reactive ketones (excluding diaryl/α,β-unsaturated/α-hetero) is 1. The molecule has 6 atom stereocenters. The van der Waals surface area contributed by atoms with Crippen LogP contribution in [0, 0.1) is 18.3 Å². The number of thioether (sulfide) groups is 1. The number of hydrogen-bond acceptors (Lipinski definition) is 15. The fourth-order valence-corrected chi connectivity index (χ4v) is 11.8. The Morgan fingerprint density at radius 1 is 1.03 bits per heavy atom. The zero-order chi connectivity index (χ0) is 42.7. The molecule has 9 rings (SSSR count). The zero-order valence-electron chi connectivity index (χ0n) is 34.9. The van der Waals surface area contributed by atoms with Crippen LogP contribution in [0.2, 0.25) is 0 Å². The molecule has 2 aliphatic carbocycles. The predicted molar refractivity (Wildman–Crippen MR) is 225 cm³/mol. The molecule has 0 spiro atoms. The molecule has 61 heavy (non-hydrogen) atoms. The largest absolute Gasteiger partial charge is 0.493 e. The van der Waals surface area contributed by atoms with Gasteiger partial charge in [0.05, 0.1) is 25.3 Å². The van der Waals surface area contributed by atoms with E-state index in [1.54, 1.807) is 25.8 Å². The van der Waals surface area contributed by atoms with Crippen molar-refractivity contribution in [3.05, 3.63) is 105 Å². The van der Waals surface area contributed by atoms with Gasteiger partial charge >= 0.3 is 5.97 Å². The summed E-state index contributed by atoms with van der Waals surface area (Å²) in [6, 6.07) is 18.1. The van der Waals surface area contributed by atoms with Gasteiger partial charge in [0.25, 0.3) is 0 Å². The summed E-state index contributed by atoms with van der Waals surface area (Å²) in [6.45, 7) is 3.00. The smallest absolute Gasteiger partial charge is 0.357 e. The van der Waals surface area contributed by atoms with Gasteiger partial charge < -0.3 is 38.4 Å². The van der Waals surface area contributed by atoms with Crippen LogP contribution in [0.1, 0.15) is 53.1 Å². The summed E-state index contributed by atoms with van der Waals surface area (Å²) in [5.74, 6) is 1.23. The van der Waals surface area contributed by atoms with Crippen LogP contribution in [0.15, 0.2) is 82.4 Å². The van der Waals surface area contributed by atoms with Gasteiger partial charge in [0.2, 0.25) is 6.79 Å². The average Bonchev–Trinajstić information content (AvgIpc) is 3.87. The van der Waals surface area contributed by atoms with Gasteiger partial charge in [0.1, 0.15) is 19.8 Å². The average molecular weight is 849 g/mol. The van der Waals surface area contributed by atoms with Crippen LogP contribution in [-0.4, -0.2) is 122 Å². The van der Waals surface area contributed by atoms with Gasteiger partial charge in [-0.05, 0) is 60.7 Å². The monoisotopic (exact) mass is 848 g/mol. The minimum absolute atomic E-state index is 0.0481. The Morgan fingerprint density at radius 2 is 1.74 bits per heavy atom. The molecule has 0 saturated carbocycles. The summed E-state index contributed by atoms with van der Waals surface area (Å²) in [4.78, 5) is 37.9. The molecule has 1 unspecified atom stereocenters. The van der Waals surface area contributed by atoms with Gasteiger partial charge in [0.15, 0.2) is 46.9 Å². The lowest BCUT2D eigenvalue weighted by atomic mass is 9.65. The molecule has 4 aliphatic heterocycles. The standard InChI is InChI=1S/C46H48N4O10S/c1-24-15-26-16-33-35(18-47)50-34(39(49(33)3)37(26)42(40(24)55-5)58-22-54-4)17-46(53)38(43-41(59-23-60-43)25(2)44(46)51)36(50)19-57-45(52)32(48-56-6)21-61-20-31-29-13-9-7-11-27(29)28-12-8-10-14-30(28)31/h7-15,31,33-36,39,53H,16-17,19-23H2,1-6H3/b48-32+/t33-,34?,35-,36-,39-,46+/m0/s1. The van der Waals surface area contributed by atoms with E-state index in [0.717, 1.165) is 16.7 Å². The molecule has 318 valence electrons. The number of aryl methyl sites for hydroxylation is 1. The number of esters is 1. The minimum Gasteiger partial charge on any atom is -0.493 e. The number of fused-ring (bicyclic) bond motifs is 11. The lowest BCUT2D eigenvalue weighted by Crippen LogP contribution is -2.74. The Kier molecular flexibility index (Phi) is 10.9. The number of hydrogen-bond donors (Lipinski definition) is 1. The summed E-state index contributed by atoms with van der Waals surface area (Å²) in [6.07, 6.45) is 0.393. The Hall–Kier alpha value is -5.37. The highest BCUT2D eigenvalue weighted by molar-refractivity contribution is 8.00. The number of ketones is 1. The van der Waals surface area contributed by atoms with Gasteiger partial charge in [-0.15, -0.1) is 0 Å². The van der Waals surface area contributed by atoms with Gasteiger partial charge in [-0.2, -0.15) is 17.0 Å². The number of rotatable bonds is 12. The number of piperazine rings is 1. The molecular formula is C46H48N4O10S. The first kappa shape index (κ1) is 41.0. The summed E-state index contributed by atoms with van der Waals surface area (Å²) >= 11 is 1.55. The minimum atomic E-state index is -2.09. The number of carbonyl (C=O) groups excluding carboxylic acids is 2. The number of ether oxygens (including phenoxy) is 6. The highest BCUT2D eigenvalue weighted by atomic mass is 32.2. The first-order valence-electron chi connectivity index (χ1n) is 20.3. The van der Waals surface area contributed by atoms with Gasteiger partial charge in [-0.1, -0.05) is 59.8 Å². The second-order valence-corrected chi connectivity index (χ2v) is 17.3. The number of carbonyl (C=O) groups is 2. The van der Waals surface area contributed by atoms with E-state index in [0.29, 0.717) is 23.7 Å². The number of benzene rings is 3. The SMILES string of the molecule is COCOc1c(OC)c(C)cc2c1[C@@H]1C3C[C@]4(O)C(=O)C(C)=C5OCOC5=C4[C@H](COC(=O)/C(CSCC4c5ccccc5-c5ccccc54)=N/OC)N3[C@@H](C#N)[C@H](C2)N1C. The van der Waals surface area contributed by atoms with E-state index < -0.39 is 41.5 Å². The summed E-state index contributed by atoms with van der Waals surface area (Å²) in [5.41, 5.74) is 5.95. The predicted octanol–water partition coefficient (Wildman–Crippen LogP) is 5.17. The van der Waals surface area contributed by atoms with Crippen LogP contribution in [0.25, 0.3) is 11.1 Å². The van der Waals surface area contributed by atoms with Gasteiger partial charge in [-0.25, -0.2) is 4.79 Å². The lowest BCUT2D eigenvalue weighted by Gasteiger charge is -2.62. The van der Waals surface area contributed by atoms with Crippen molar-refractivity contribution in [2.45, 2.75) is 68.4 Å². The fourth-order valence-electron chi connectivity index (χ4n) is 10.7. The quantitative estimate of drug-likeness (QED) is 0.110. The molecule has 4 heterocycles. The molecule has 14 nitrogen and oxygen atoms in total. The lowest BCUT2D eigenvalue weighted by molar-refractivity contribution is -0.155. The molecule has 0 amide bonds. The summed E-state index contributed by atoms with van der Waals surface area (Å²) < 4.78 is 35.5. The summed E-state index contributed by atoms with van der Waals surface area (Å²) in [5, 5.41) is 28.1. The number of piperidine rings is 1. The Bertz CT molecular complexity index is 2400. The van der Waals surface area contributed by atoms with Crippen molar-refractivity contribution in [2.24, 2.45) is 5.16 Å². The van der Waals surface area contributed by atoms with Crippen LogP contribution in [0.4, 0.5) is 0 Å². The van der Waals surface area contributed by atoms with Crippen LogP contribution < -0.4 is 9.47 Å². The molecule has 0 aromatic heterocycles. The van der Waals surface area contributed by atoms with Crippen molar-refractivity contribution in [3.63, 3.8) is 0 Å².